The molecule has 0 atom stereocenters. The quantitative estimate of drug-likeness (QED) is 0.379. The molecule has 1 aromatic carbocycles. The van der Waals surface area contributed by atoms with Crippen LogP contribution in [0.15, 0.2) is 41.7 Å². The van der Waals surface area contributed by atoms with Crippen molar-refractivity contribution in [2.24, 2.45) is 10.9 Å². The van der Waals surface area contributed by atoms with Gasteiger partial charge in [-0.25, -0.2) is 4.68 Å². The number of nitrogens with zero attached hydrogens (tertiary/aromatic N) is 3. The summed E-state index contributed by atoms with van der Waals surface area (Å²) in [5.74, 6) is -0.0806. The van der Waals surface area contributed by atoms with Gasteiger partial charge in [-0.05, 0) is 30.3 Å². The van der Waals surface area contributed by atoms with Gasteiger partial charge < -0.3 is 10.9 Å². The molecular weight excluding hydrogens is 261 g/mol. The lowest BCUT2D eigenvalue weighted by molar-refractivity contribution is -0.141. The highest BCUT2D eigenvalue weighted by Crippen LogP contribution is 2.27. The summed E-state index contributed by atoms with van der Waals surface area (Å²) >= 11 is 0. The number of alkyl halides is 3. The molecule has 0 aliphatic heterocycles. The third-order valence-corrected chi connectivity index (χ3v) is 2.41. The summed E-state index contributed by atoms with van der Waals surface area (Å²) < 4.78 is 38.3. The number of halogens is 3. The van der Waals surface area contributed by atoms with E-state index in [1.54, 1.807) is 0 Å². The number of hydrogen-bond donors (Lipinski definition) is 2. The molecule has 0 saturated heterocycles. The molecule has 0 amide bonds. The second-order valence-corrected chi connectivity index (χ2v) is 3.68. The second kappa shape index (κ2) is 4.63. The molecule has 8 heteroatoms. The summed E-state index contributed by atoms with van der Waals surface area (Å²) in [5, 5.41) is 14.7. The Morgan fingerprint density at radius 3 is 2.32 bits per heavy atom. The SMILES string of the molecule is NC(=NO)c1ccc(-n2ccc(C(F)(F)F)n2)cc1. The van der Waals surface area contributed by atoms with Crippen LogP contribution in [-0.2, 0) is 6.18 Å². The van der Waals surface area contributed by atoms with Gasteiger partial charge in [0.15, 0.2) is 11.5 Å². The molecule has 0 saturated carbocycles. The first kappa shape index (κ1) is 12.9. The van der Waals surface area contributed by atoms with Crippen molar-refractivity contribution >= 4 is 5.84 Å². The lowest BCUT2D eigenvalue weighted by atomic mass is 10.2. The Bertz CT molecular complexity index is 601. The fourth-order valence-corrected chi connectivity index (χ4v) is 1.46. The van der Waals surface area contributed by atoms with Gasteiger partial charge in [-0.1, -0.05) is 5.16 Å². The molecule has 2 rings (SSSR count). The van der Waals surface area contributed by atoms with E-state index in [-0.39, 0.29) is 5.84 Å². The van der Waals surface area contributed by atoms with Crippen molar-refractivity contribution in [2.45, 2.75) is 6.18 Å². The monoisotopic (exact) mass is 270 g/mol. The topological polar surface area (TPSA) is 76.4 Å². The molecule has 2 aromatic rings. The van der Waals surface area contributed by atoms with Gasteiger partial charge in [0, 0.05) is 11.8 Å². The summed E-state index contributed by atoms with van der Waals surface area (Å²) in [6.07, 6.45) is -3.26. The van der Waals surface area contributed by atoms with E-state index in [1.165, 1.54) is 30.5 Å². The predicted molar refractivity (Wildman–Crippen MR) is 61.1 cm³/mol. The van der Waals surface area contributed by atoms with E-state index >= 15 is 0 Å². The number of hydrogen-bond acceptors (Lipinski definition) is 3. The van der Waals surface area contributed by atoms with Crippen molar-refractivity contribution in [1.29, 1.82) is 0 Å². The normalized spacial score (nSPS) is 12.7. The standard InChI is InChI=1S/C11H9F3N4O/c12-11(13,14)9-5-6-18(16-9)8-3-1-7(2-4-8)10(15)17-19/h1-6,19H,(H2,15,17). The zero-order valence-corrected chi connectivity index (χ0v) is 9.46. The highest BCUT2D eigenvalue weighted by atomic mass is 19.4. The molecule has 0 fully saturated rings. The van der Waals surface area contributed by atoms with Gasteiger partial charge in [-0.3, -0.25) is 0 Å². The molecule has 1 heterocycles. The van der Waals surface area contributed by atoms with Crippen LogP contribution in [0.5, 0.6) is 0 Å². The highest BCUT2D eigenvalue weighted by Gasteiger charge is 2.33. The van der Waals surface area contributed by atoms with Crippen molar-refractivity contribution in [3.8, 4) is 5.69 Å². The molecular formula is C11H9F3N4O. The van der Waals surface area contributed by atoms with E-state index in [2.05, 4.69) is 10.3 Å². The van der Waals surface area contributed by atoms with E-state index in [0.29, 0.717) is 11.3 Å². The Morgan fingerprint density at radius 1 is 1.21 bits per heavy atom. The summed E-state index contributed by atoms with van der Waals surface area (Å²) in [4.78, 5) is 0. The van der Waals surface area contributed by atoms with Gasteiger partial charge in [0.2, 0.25) is 0 Å². The maximum atomic E-state index is 12.4. The lowest BCUT2D eigenvalue weighted by Gasteiger charge is -2.04. The number of rotatable bonds is 2. The maximum Gasteiger partial charge on any atom is 0.435 e. The van der Waals surface area contributed by atoms with Gasteiger partial charge in [0.05, 0.1) is 5.69 Å². The number of aromatic nitrogens is 2. The number of benzene rings is 1. The van der Waals surface area contributed by atoms with Crippen LogP contribution in [0.1, 0.15) is 11.3 Å². The molecule has 5 nitrogen and oxygen atoms in total. The van der Waals surface area contributed by atoms with Gasteiger partial charge in [0.1, 0.15) is 0 Å². The van der Waals surface area contributed by atoms with E-state index in [1.807, 2.05) is 0 Å². The van der Waals surface area contributed by atoms with E-state index in [4.69, 9.17) is 10.9 Å². The lowest BCUT2D eigenvalue weighted by Crippen LogP contribution is -2.13. The van der Waals surface area contributed by atoms with Crippen LogP contribution < -0.4 is 5.73 Å². The van der Waals surface area contributed by atoms with E-state index < -0.39 is 11.9 Å². The first-order chi connectivity index (χ1) is 8.91. The van der Waals surface area contributed by atoms with Crippen LogP contribution in [0.4, 0.5) is 13.2 Å². The van der Waals surface area contributed by atoms with Gasteiger partial charge >= 0.3 is 6.18 Å². The summed E-state index contributed by atoms with van der Waals surface area (Å²) in [7, 11) is 0. The molecule has 1 aromatic heterocycles. The molecule has 0 bridgehead atoms. The molecule has 100 valence electrons. The van der Waals surface area contributed by atoms with Crippen molar-refractivity contribution in [3.63, 3.8) is 0 Å². The largest absolute Gasteiger partial charge is 0.435 e. The molecule has 19 heavy (non-hydrogen) atoms. The summed E-state index contributed by atoms with van der Waals surface area (Å²) in [5.41, 5.74) is 5.30. The molecule has 0 spiro atoms. The van der Waals surface area contributed by atoms with Crippen molar-refractivity contribution in [1.82, 2.24) is 9.78 Å². The van der Waals surface area contributed by atoms with Crippen LogP contribution in [0.3, 0.4) is 0 Å². The Labute approximate surface area is 105 Å². The minimum atomic E-state index is -4.47. The predicted octanol–water partition coefficient (Wildman–Crippen LogP) is 1.99. The van der Waals surface area contributed by atoms with E-state index in [0.717, 1.165) is 10.7 Å². The fraction of sp³-hybridized carbons (Fsp3) is 0.0909. The Morgan fingerprint density at radius 2 is 1.84 bits per heavy atom. The van der Waals surface area contributed by atoms with Crippen LogP contribution in [0, 0.1) is 0 Å². The Hall–Kier alpha value is -2.51. The van der Waals surface area contributed by atoms with Crippen LogP contribution in [-0.4, -0.2) is 20.8 Å². The summed E-state index contributed by atoms with van der Waals surface area (Å²) in [6.45, 7) is 0. The molecule has 0 aliphatic carbocycles. The van der Waals surface area contributed by atoms with Gasteiger partial charge in [-0.2, -0.15) is 18.3 Å². The number of nitrogens with two attached hydrogens (primary N) is 1. The van der Waals surface area contributed by atoms with Crippen molar-refractivity contribution in [2.75, 3.05) is 0 Å². The van der Waals surface area contributed by atoms with Crippen LogP contribution in [0.25, 0.3) is 5.69 Å². The van der Waals surface area contributed by atoms with Crippen molar-refractivity contribution in [3.05, 3.63) is 47.8 Å². The third kappa shape index (κ3) is 2.67. The second-order valence-electron chi connectivity index (χ2n) is 3.68. The highest BCUT2D eigenvalue weighted by molar-refractivity contribution is 5.97. The van der Waals surface area contributed by atoms with Gasteiger partial charge in [-0.15, -0.1) is 0 Å². The van der Waals surface area contributed by atoms with Crippen LogP contribution >= 0.6 is 0 Å². The zero-order valence-electron chi connectivity index (χ0n) is 9.46. The average molecular weight is 270 g/mol. The van der Waals surface area contributed by atoms with Gasteiger partial charge in [0.25, 0.3) is 0 Å². The van der Waals surface area contributed by atoms with Crippen molar-refractivity contribution < 1.29 is 18.4 Å². The minimum Gasteiger partial charge on any atom is -0.409 e. The Kier molecular flexibility index (Phi) is 3.16. The maximum absolute atomic E-state index is 12.4. The molecule has 0 radical (unpaired) electrons. The number of oxime groups is 1. The first-order valence-electron chi connectivity index (χ1n) is 5.13. The zero-order chi connectivity index (χ0) is 14.0. The minimum absolute atomic E-state index is 0.0806. The number of amidine groups is 1. The van der Waals surface area contributed by atoms with E-state index in [9.17, 15) is 13.2 Å². The molecule has 0 aliphatic rings. The Balaban J connectivity index is 2.30. The third-order valence-electron chi connectivity index (χ3n) is 2.41. The smallest absolute Gasteiger partial charge is 0.409 e. The fourth-order valence-electron chi connectivity index (χ4n) is 1.46. The average Bonchev–Trinajstić information content (AvgIpc) is 2.87. The first-order valence-corrected chi connectivity index (χ1v) is 5.13. The summed E-state index contributed by atoms with van der Waals surface area (Å²) in [6, 6.07) is 6.94. The van der Waals surface area contributed by atoms with Crippen LogP contribution in [0.2, 0.25) is 0 Å². The molecule has 3 N–H and O–H groups in total. The molecule has 0 unspecified atom stereocenters.